The third kappa shape index (κ3) is 4.74. The summed E-state index contributed by atoms with van der Waals surface area (Å²) >= 11 is 0. The highest BCUT2D eigenvalue weighted by Gasteiger charge is 2.21. The third-order valence-electron chi connectivity index (χ3n) is 5.90. The normalized spacial score (nSPS) is 14.4. The van der Waals surface area contributed by atoms with Gasteiger partial charge in [-0.1, -0.05) is 6.08 Å². The predicted octanol–water partition coefficient (Wildman–Crippen LogP) is 3.06. The van der Waals surface area contributed by atoms with Crippen LogP contribution >= 0.6 is 0 Å². The monoisotopic (exact) mass is 456 g/mol. The van der Waals surface area contributed by atoms with Gasteiger partial charge in [-0.25, -0.2) is 13.8 Å². The number of benzene rings is 1. The fourth-order valence-corrected chi connectivity index (χ4v) is 4.06. The average Bonchev–Trinajstić information content (AvgIpc) is 3.24. The van der Waals surface area contributed by atoms with Crippen LogP contribution in [0.5, 0.6) is 5.75 Å². The molecule has 1 aliphatic rings. The fourth-order valence-electron chi connectivity index (χ4n) is 4.06. The highest BCUT2D eigenvalue weighted by Crippen LogP contribution is 2.38. The summed E-state index contributed by atoms with van der Waals surface area (Å²) in [4.78, 5) is 23.2. The Labute approximate surface area is 190 Å². The highest BCUT2D eigenvalue weighted by atomic mass is 19.1. The molecule has 2 aromatic heterocycles. The first-order chi connectivity index (χ1) is 15.9. The van der Waals surface area contributed by atoms with Crippen LogP contribution in [0.2, 0.25) is 0 Å². The number of rotatable bonds is 7. The Morgan fingerprint density at radius 1 is 1.33 bits per heavy atom. The molecule has 2 N–H and O–H groups in total. The van der Waals surface area contributed by atoms with E-state index in [4.69, 9.17) is 9.84 Å². The molecule has 0 radical (unpaired) electrons. The van der Waals surface area contributed by atoms with Crippen molar-refractivity contribution in [1.29, 1.82) is 0 Å². The largest absolute Gasteiger partial charge is 0.496 e. The number of pyridine rings is 1. The summed E-state index contributed by atoms with van der Waals surface area (Å²) in [5.74, 6) is -0.722. The Morgan fingerprint density at radius 3 is 2.85 bits per heavy atom. The van der Waals surface area contributed by atoms with Gasteiger partial charge < -0.3 is 19.7 Å². The Morgan fingerprint density at radius 2 is 2.15 bits per heavy atom. The van der Waals surface area contributed by atoms with Crippen LogP contribution in [0.4, 0.5) is 8.78 Å². The molecule has 174 valence electrons. The van der Waals surface area contributed by atoms with Gasteiger partial charge in [-0.05, 0) is 36.3 Å². The summed E-state index contributed by atoms with van der Waals surface area (Å²) < 4.78 is 34.2. The number of hydrogen-bond donors (Lipinski definition) is 2. The molecular formula is C24H26F2N4O3. The van der Waals surface area contributed by atoms with Crippen LogP contribution in [-0.2, 0) is 4.79 Å². The number of ether oxygens (including phenoxy) is 1. The number of halogens is 2. The number of H-pyrrole nitrogens is 1. The zero-order valence-electron chi connectivity index (χ0n) is 18.6. The second-order valence-electron chi connectivity index (χ2n) is 8.02. The van der Waals surface area contributed by atoms with Gasteiger partial charge >= 0.3 is 0 Å². The number of likely N-dealkylation sites (N-methyl/N-ethyl adjacent to an activating group) is 1. The summed E-state index contributed by atoms with van der Waals surface area (Å²) in [5, 5.41) is 9.53. The molecular weight excluding hydrogens is 430 g/mol. The minimum Gasteiger partial charge on any atom is -0.496 e. The van der Waals surface area contributed by atoms with E-state index in [0.717, 1.165) is 17.5 Å². The van der Waals surface area contributed by atoms with Gasteiger partial charge in [-0.15, -0.1) is 0 Å². The Hall–Kier alpha value is -3.30. The minimum atomic E-state index is -0.564. The summed E-state index contributed by atoms with van der Waals surface area (Å²) in [6.07, 6.45) is 3.85. The van der Waals surface area contributed by atoms with Gasteiger partial charge in [0, 0.05) is 48.9 Å². The maximum absolute atomic E-state index is 14.9. The Balaban J connectivity index is 1.61. The first-order valence-electron chi connectivity index (χ1n) is 10.7. The smallest absolute Gasteiger partial charge is 0.236 e. The van der Waals surface area contributed by atoms with Crippen molar-refractivity contribution in [2.75, 3.05) is 46.9 Å². The van der Waals surface area contributed by atoms with Crippen molar-refractivity contribution < 1.29 is 23.4 Å². The lowest BCUT2D eigenvalue weighted by atomic mass is 10.0. The minimum absolute atomic E-state index is 0.0418. The molecule has 0 bridgehead atoms. The summed E-state index contributed by atoms with van der Waals surface area (Å²) in [6.45, 7) is 1.81. The number of aliphatic hydroxyl groups is 1. The van der Waals surface area contributed by atoms with E-state index in [1.54, 1.807) is 7.05 Å². The number of aromatic nitrogens is 2. The van der Waals surface area contributed by atoms with Crippen molar-refractivity contribution in [1.82, 2.24) is 19.8 Å². The van der Waals surface area contributed by atoms with Crippen molar-refractivity contribution in [3.63, 3.8) is 0 Å². The lowest BCUT2D eigenvalue weighted by Gasteiger charge is -2.27. The molecule has 33 heavy (non-hydrogen) atoms. The van der Waals surface area contributed by atoms with E-state index in [1.165, 1.54) is 30.2 Å². The molecule has 0 spiro atoms. The van der Waals surface area contributed by atoms with Crippen LogP contribution in [-0.4, -0.2) is 77.7 Å². The summed E-state index contributed by atoms with van der Waals surface area (Å²) in [6, 6.07) is 5.83. The summed E-state index contributed by atoms with van der Waals surface area (Å²) in [7, 11) is 3.13. The molecule has 0 fully saturated rings. The van der Waals surface area contributed by atoms with Crippen molar-refractivity contribution >= 4 is 22.5 Å². The van der Waals surface area contributed by atoms with E-state index in [2.05, 4.69) is 9.97 Å². The zero-order chi connectivity index (χ0) is 23.5. The van der Waals surface area contributed by atoms with E-state index in [-0.39, 0.29) is 24.6 Å². The van der Waals surface area contributed by atoms with Gasteiger partial charge in [0.15, 0.2) is 0 Å². The van der Waals surface area contributed by atoms with Crippen molar-refractivity contribution in [2.24, 2.45) is 0 Å². The van der Waals surface area contributed by atoms with Gasteiger partial charge in [-0.2, -0.15) is 0 Å². The van der Waals surface area contributed by atoms with Crippen LogP contribution < -0.4 is 4.74 Å². The van der Waals surface area contributed by atoms with Gasteiger partial charge in [0.05, 0.1) is 26.5 Å². The Bertz CT molecular complexity index is 1210. The van der Waals surface area contributed by atoms with Crippen molar-refractivity contribution in [3.05, 3.63) is 53.9 Å². The second-order valence-corrected chi connectivity index (χ2v) is 8.02. The topological polar surface area (TPSA) is 81.7 Å². The lowest BCUT2D eigenvalue weighted by molar-refractivity contribution is -0.131. The molecule has 3 aromatic rings. The lowest BCUT2D eigenvalue weighted by Crippen LogP contribution is -2.41. The molecule has 4 rings (SSSR count). The molecule has 0 unspecified atom stereocenters. The standard InChI is InChI=1S/C24H26F2N4O3/c1-29(9-10-31)22(32)14-30-7-5-15(6-8-30)20-12-18-23(19(26)13-27-24(18)28-20)17-11-16(25)3-4-21(17)33-2/h3-5,11-13,31H,6-10,14H2,1-2H3,(H,27,28). The molecule has 9 heteroatoms. The number of amides is 1. The fraction of sp³-hybridized carbons (Fsp3) is 0.333. The molecule has 0 atom stereocenters. The quantitative estimate of drug-likeness (QED) is 0.571. The number of aromatic amines is 1. The van der Waals surface area contributed by atoms with Crippen LogP contribution in [0.1, 0.15) is 12.1 Å². The molecule has 0 aliphatic carbocycles. The number of methoxy groups -OCH3 is 1. The van der Waals surface area contributed by atoms with Crippen molar-refractivity contribution in [2.45, 2.75) is 6.42 Å². The maximum atomic E-state index is 14.9. The number of carbonyl (C=O) groups excluding carboxylic acids is 1. The van der Waals surface area contributed by atoms with Gasteiger partial charge in [0.2, 0.25) is 5.91 Å². The van der Waals surface area contributed by atoms with Crippen LogP contribution in [0, 0.1) is 11.6 Å². The SMILES string of the molecule is COc1ccc(F)cc1-c1c(F)cnc2[nH]c(C3=CCN(CC(=O)N(C)CCO)CC3)cc12. The van der Waals surface area contributed by atoms with E-state index < -0.39 is 11.6 Å². The van der Waals surface area contributed by atoms with E-state index >= 15 is 0 Å². The van der Waals surface area contributed by atoms with E-state index in [1.807, 2.05) is 17.0 Å². The van der Waals surface area contributed by atoms with Crippen LogP contribution in [0.3, 0.4) is 0 Å². The van der Waals surface area contributed by atoms with Crippen LogP contribution in [0.25, 0.3) is 27.7 Å². The highest BCUT2D eigenvalue weighted by molar-refractivity contribution is 5.97. The zero-order valence-corrected chi connectivity index (χ0v) is 18.6. The number of carbonyl (C=O) groups is 1. The van der Waals surface area contributed by atoms with Crippen molar-refractivity contribution in [3.8, 4) is 16.9 Å². The van der Waals surface area contributed by atoms with E-state index in [9.17, 15) is 13.6 Å². The molecule has 0 saturated carbocycles. The van der Waals surface area contributed by atoms with Crippen LogP contribution in [0.15, 0.2) is 36.5 Å². The van der Waals surface area contributed by atoms with Gasteiger partial charge in [0.1, 0.15) is 23.0 Å². The summed E-state index contributed by atoms with van der Waals surface area (Å²) in [5.41, 5.74) is 2.90. The molecule has 3 heterocycles. The van der Waals surface area contributed by atoms with E-state index in [0.29, 0.717) is 48.4 Å². The average molecular weight is 456 g/mol. The molecule has 1 aromatic carbocycles. The number of nitrogens with zero attached hydrogens (tertiary/aromatic N) is 3. The van der Waals surface area contributed by atoms with Gasteiger partial charge in [-0.3, -0.25) is 9.69 Å². The predicted molar refractivity (Wildman–Crippen MR) is 122 cm³/mol. The number of aliphatic hydroxyl groups excluding tert-OH is 1. The number of nitrogens with one attached hydrogen (secondary N) is 1. The first-order valence-corrected chi connectivity index (χ1v) is 10.7. The molecule has 7 nitrogen and oxygen atoms in total. The van der Waals surface area contributed by atoms with Gasteiger partial charge in [0.25, 0.3) is 0 Å². The molecule has 1 aliphatic heterocycles. The first kappa shape index (κ1) is 22.9. The maximum Gasteiger partial charge on any atom is 0.236 e. The number of fused-ring (bicyclic) bond motifs is 1. The molecule has 1 amide bonds. The number of hydrogen-bond acceptors (Lipinski definition) is 5. The molecule has 0 saturated heterocycles. The Kier molecular flexibility index (Phi) is 6.71. The second kappa shape index (κ2) is 9.68. The third-order valence-corrected chi connectivity index (χ3v) is 5.90.